The lowest BCUT2D eigenvalue weighted by Crippen LogP contribution is -2.46. The Morgan fingerprint density at radius 3 is 2.88 bits per heavy atom. The second-order valence-electron chi connectivity index (χ2n) is 5.97. The Labute approximate surface area is 99.8 Å². The monoisotopic (exact) mass is 222 g/mol. The third kappa shape index (κ3) is 1.80. The Bertz CT molecular complexity index is 241. The van der Waals surface area contributed by atoms with Gasteiger partial charge in [-0.15, -0.1) is 0 Å². The van der Waals surface area contributed by atoms with Crippen LogP contribution in [-0.4, -0.2) is 36.1 Å². The summed E-state index contributed by atoms with van der Waals surface area (Å²) in [6, 6.07) is 2.58. The molecule has 3 fully saturated rings. The van der Waals surface area contributed by atoms with Crippen molar-refractivity contribution in [1.29, 1.82) is 0 Å². The number of nitrogens with one attached hydrogen (secondary N) is 1. The van der Waals surface area contributed by atoms with Crippen molar-refractivity contribution in [1.82, 2.24) is 10.2 Å². The summed E-state index contributed by atoms with van der Waals surface area (Å²) >= 11 is 0. The summed E-state index contributed by atoms with van der Waals surface area (Å²) in [6.45, 7) is 5.03. The second-order valence-corrected chi connectivity index (χ2v) is 5.97. The molecule has 2 heteroatoms. The van der Waals surface area contributed by atoms with E-state index in [4.69, 9.17) is 0 Å². The van der Waals surface area contributed by atoms with Crippen LogP contribution in [0.15, 0.2) is 0 Å². The van der Waals surface area contributed by atoms with Crippen LogP contribution in [0.5, 0.6) is 0 Å². The van der Waals surface area contributed by atoms with Crippen molar-refractivity contribution >= 4 is 0 Å². The minimum atomic E-state index is 0.837. The lowest BCUT2D eigenvalue weighted by molar-refractivity contribution is 0.114. The van der Waals surface area contributed by atoms with E-state index in [1.165, 1.54) is 58.0 Å². The maximum Gasteiger partial charge on any atom is 0.0224 e. The summed E-state index contributed by atoms with van der Waals surface area (Å²) in [7, 11) is 0. The fourth-order valence-electron chi connectivity index (χ4n) is 4.46. The average molecular weight is 222 g/mol. The van der Waals surface area contributed by atoms with E-state index in [0.29, 0.717) is 0 Å². The number of hydrogen-bond donors (Lipinski definition) is 1. The standard InChI is InChI=1S/C14H26N2/c1-2-14-12-7-3-4-8-13(12)15-10-11-6-5-9-16(11)14/h11-15H,2-10H2,1H3/t11?,12-,13?,14+/m1/s1. The van der Waals surface area contributed by atoms with Crippen LogP contribution in [0.2, 0.25) is 0 Å². The highest BCUT2D eigenvalue weighted by Gasteiger charge is 2.41. The largest absolute Gasteiger partial charge is 0.312 e. The summed E-state index contributed by atoms with van der Waals surface area (Å²) in [5.74, 6) is 0.946. The van der Waals surface area contributed by atoms with E-state index >= 15 is 0 Å². The van der Waals surface area contributed by atoms with Crippen LogP contribution in [-0.2, 0) is 0 Å². The molecule has 3 rings (SSSR count). The third-order valence-electron chi connectivity index (χ3n) is 5.20. The molecular formula is C14H26N2. The Balaban J connectivity index is 1.81. The molecule has 3 aliphatic rings. The van der Waals surface area contributed by atoms with Gasteiger partial charge in [0.1, 0.15) is 0 Å². The number of nitrogens with zero attached hydrogens (tertiary/aromatic N) is 1. The van der Waals surface area contributed by atoms with Gasteiger partial charge in [0.25, 0.3) is 0 Å². The summed E-state index contributed by atoms with van der Waals surface area (Å²) < 4.78 is 0. The van der Waals surface area contributed by atoms with Crippen molar-refractivity contribution in [2.75, 3.05) is 13.1 Å². The lowest BCUT2D eigenvalue weighted by Gasteiger charge is -2.39. The quantitative estimate of drug-likeness (QED) is 0.733. The molecule has 1 saturated carbocycles. The Morgan fingerprint density at radius 2 is 2.00 bits per heavy atom. The average Bonchev–Trinajstić information content (AvgIpc) is 2.72. The van der Waals surface area contributed by atoms with Gasteiger partial charge in [0.2, 0.25) is 0 Å². The van der Waals surface area contributed by atoms with Crippen molar-refractivity contribution in [3.05, 3.63) is 0 Å². The molecule has 1 N–H and O–H groups in total. The topological polar surface area (TPSA) is 15.3 Å². The number of rotatable bonds is 1. The van der Waals surface area contributed by atoms with Crippen LogP contribution in [0, 0.1) is 5.92 Å². The van der Waals surface area contributed by atoms with E-state index in [1.54, 1.807) is 0 Å². The van der Waals surface area contributed by atoms with E-state index in [2.05, 4.69) is 17.1 Å². The van der Waals surface area contributed by atoms with Crippen molar-refractivity contribution in [3.8, 4) is 0 Å². The lowest BCUT2D eigenvalue weighted by atomic mass is 9.78. The predicted molar refractivity (Wildman–Crippen MR) is 67.6 cm³/mol. The maximum absolute atomic E-state index is 3.88. The van der Waals surface area contributed by atoms with Crippen LogP contribution in [0.3, 0.4) is 0 Å². The summed E-state index contributed by atoms with van der Waals surface area (Å²) in [4.78, 5) is 2.85. The first-order chi connectivity index (χ1) is 7.90. The van der Waals surface area contributed by atoms with E-state index in [0.717, 1.165) is 24.0 Å². The van der Waals surface area contributed by atoms with Crippen LogP contribution in [0.1, 0.15) is 51.9 Å². The molecule has 1 aliphatic carbocycles. The first kappa shape index (κ1) is 11.0. The molecule has 0 aromatic rings. The van der Waals surface area contributed by atoms with Gasteiger partial charge in [-0.1, -0.05) is 19.8 Å². The molecule has 4 atom stereocenters. The molecule has 0 amide bonds. The molecule has 2 nitrogen and oxygen atoms in total. The molecule has 16 heavy (non-hydrogen) atoms. The van der Waals surface area contributed by atoms with Gasteiger partial charge in [-0.25, -0.2) is 0 Å². The van der Waals surface area contributed by atoms with Gasteiger partial charge >= 0.3 is 0 Å². The van der Waals surface area contributed by atoms with Crippen LogP contribution in [0.25, 0.3) is 0 Å². The maximum atomic E-state index is 3.88. The molecule has 0 bridgehead atoms. The first-order valence-electron chi connectivity index (χ1n) is 7.39. The van der Waals surface area contributed by atoms with Gasteiger partial charge in [0.05, 0.1) is 0 Å². The predicted octanol–water partition coefficient (Wildman–Crippen LogP) is 2.39. The van der Waals surface area contributed by atoms with E-state index in [-0.39, 0.29) is 0 Å². The molecule has 2 unspecified atom stereocenters. The normalized spacial score (nSPS) is 44.8. The van der Waals surface area contributed by atoms with Gasteiger partial charge in [-0.3, -0.25) is 4.90 Å². The zero-order valence-electron chi connectivity index (χ0n) is 10.6. The van der Waals surface area contributed by atoms with Crippen LogP contribution < -0.4 is 5.32 Å². The van der Waals surface area contributed by atoms with Gasteiger partial charge in [0.15, 0.2) is 0 Å². The SMILES string of the molecule is CC[C@H]1[C@@H]2CCCCC2NCC2CCCN21. The molecule has 0 aromatic heterocycles. The smallest absolute Gasteiger partial charge is 0.0224 e. The molecule has 2 aliphatic heterocycles. The number of hydrogen-bond acceptors (Lipinski definition) is 2. The summed E-state index contributed by atoms with van der Waals surface area (Å²) in [5, 5.41) is 3.88. The van der Waals surface area contributed by atoms with Crippen molar-refractivity contribution < 1.29 is 0 Å². The highest BCUT2D eigenvalue weighted by atomic mass is 15.2. The summed E-state index contributed by atoms with van der Waals surface area (Å²) in [6.07, 6.45) is 10.1. The van der Waals surface area contributed by atoms with Crippen molar-refractivity contribution in [2.24, 2.45) is 5.92 Å². The van der Waals surface area contributed by atoms with Crippen LogP contribution >= 0.6 is 0 Å². The fourth-order valence-corrected chi connectivity index (χ4v) is 4.46. The van der Waals surface area contributed by atoms with E-state index in [9.17, 15) is 0 Å². The Hall–Kier alpha value is -0.0800. The highest BCUT2D eigenvalue weighted by Crippen LogP contribution is 2.36. The van der Waals surface area contributed by atoms with E-state index in [1.807, 2.05) is 0 Å². The van der Waals surface area contributed by atoms with Crippen molar-refractivity contribution in [2.45, 2.75) is 70.0 Å². The van der Waals surface area contributed by atoms with Gasteiger partial charge in [0, 0.05) is 24.7 Å². The Morgan fingerprint density at radius 1 is 1.12 bits per heavy atom. The minimum absolute atomic E-state index is 0.837. The zero-order valence-corrected chi connectivity index (χ0v) is 10.6. The van der Waals surface area contributed by atoms with Crippen LogP contribution in [0.4, 0.5) is 0 Å². The second kappa shape index (κ2) is 4.66. The van der Waals surface area contributed by atoms with E-state index < -0.39 is 0 Å². The molecule has 0 radical (unpaired) electrons. The molecule has 2 saturated heterocycles. The highest BCUT2D eigenvalue weighted by molar-refractivity contribution is 4.98. The first-order valence-corrected chi connectivity index (χ1v) is 7.39. The minimum Gasteiger partial charge on any atom is -0.312 e. The molecule has 0 spiro atoms. The zero-order chi connectivity index (χ0) is 11.0. The Kier molecular flexibility index (Phi) is 3.21. The third-order valence-corrected chi connectivity index (χ3v) is 5.20. The van der Waals surface area contributed by atoms with Gasteiger partial charge in [-0.2, -0.15) is 0 Å². The fraction of sp³-hybridized carbons (Fsp3) is 1.00. The van der Waals surface area contributed by atoms with Gasteiger partial charge in [-0.05, 0) is 44.6 Å². The summed E-state index contributed by atoms with van der Waals surface area (Å²) in [5.41, 5.74) is 0. The number of fused-ring (bicyclic) bond motifs is 2. The molecule has 0 aromatic carbocycles. The molecule has 2 heterocycles. The molecular weight excluding hydrogens is 196 g/mol. The van der Waals surface area contributed by atoms with Gasteiger partial charge < -0.3 is 5.32 Å². The molecule has 92 valence electrons. The van der Waals surface area contributed by atoms with Crippen molar-refractivity contribution in [3.63, 3.8) is 0 Å².